The van der Waals surface area contributed by atoms with Gasteiger partial charge in [0.15, 0.2) is 0 Å². The summed E-state index contributed by atoms with van der Waals surface area (Å²) in [6.45, 7) is 18.4. The first kappa shape index (κ1) is 21.6. The molecule has 0 bridgehead atoms. The van der Waals surface area contributed by atoms with E-state index in [9.17, 15) is 0 Å². The van der Waals surface area contributed by atoms with Crippen LogP contribution in [0.25, 0.3) is 0 Å². The van der Waals surface area contributed by atoms with Crippen LogP contribution in [0.1, 0.15) is 55.4 Å². The van der Waals surface area contributed by atoms with Gasteiger partial charge in [0.2, 0.25) is 16.6 Å². The average molecular weight is 367 g/mol. The number of hydrogen-bond donors (Lipinski definition) is 0. The molecule has 0 aliphatic rings. The lowest BCUT2D eigenvalue weighted by Crippen LogP contribution is -2.58. The third kappa shape index (κ3) is 3.43. The first-order valence-corrected chi connectivity index (χ1v) is 13.4. The van der Waals surface area contributed by atoms with Gasteiger partial charge in [-0.05, 0) is 32.5 Å². The van der Waals surface area contributed by atoms with Crippen LogP contribution in [0.5, 0.6) is 0 Å². The summed E-state index contributed by atoms with van der Waals surface area (Å²) in [5.74, 6) is 0. The van der Waals surface area contributed by atoms with Crippen molar-refractivity contribution in [1.82, 2.24) is 0 Å². The molecule has 1 aromatic rings. The van der Waals surface area contributed by atoms with Crippen LogP contribution in [0.4, 0.5) is 0 Å². The van der Waals surface area contributed by atoms with E-state index < -0.39 is 16.6 Å². The van der Waals surface area contributed by atoms with E-state index in [-0.39, 0.29) is 0 Å². The zero-order chi connectivity index (χ0) is 18.7. The van der Waals surface area contributed by atoms with Gasteiger partial charge in [0.25, 0.3) is 0 Å². The Kier molecular flexibility index (Phi) is 7.48. The fraction of sp³-hybridized carbons (Fsp3) is 0.700. The van der Waals surface area contributed by atoms with Crippen molar-refractivity contribution < 1.29 is 8.85 Å². The van der Waals surface area contributed by atoms with Crippen molar-refractivity contribution >= 4 is 27.0 Å². The van der Waals surface area contributed by atoms with Crippen LogP contribution in [-0.2, 0) is 8.85 Å². The summed E-state index contributed by atoms with van der Waals surface area (Å²) >= 11 is 0. The molecular formula is C20H38O2Si2. The predicted molar refractivity (Wildman–Crippen MR) is 112 cm³/mol. The Bertz CT molecular complexity index is 444. The lowest BCUT2D eigenvalue weighted by molar-refractivity contribution is 0.384. The largest absolute Gasteiger partial charge is 0.415 e. The number of benzene rings is 1. The fourth-order valence-electron chi connectivity index (χ4n) is 4.84. The number of rotatable bonds is 8. The molecule has 0 saturated heterocycles. The molecule has 24 heavy (non-hydrogen) atoms. The lowest BCUT2D eigenvalue weighted by Gasteiger charge is -2.40. The van der Waals surface area contributed by atoms with Crippen molar-refractivity contribution in [3.8, 4) is 0 Å². The topological polar surface area (TPSA) is 18.5 Å². The van der Waals surface area contributed by atoms with Crippen LogP contribution in [0.2, 0.25) is 22.2 Å². The Morgan fingerprint density at radius 3 is 0.875 bits per heavy atom. The fourth-order valence-corrected chi connectivity index (χ4v) is 13.9. The summed E-state index contributed by atoms with van der Waals surface area (Å²) in [4.78, 5) is 0. The molecule has 1 aromatic carbocycles. The van der Waals surface area contributed by atoms with E-state index in [1.165, 1.54) is 10.4 Å². The van der Waals surface area contributed by atoms with E-state index in [4.69, 9.17) is 8.85 Å². The van der Waals surface area contributed by atoms with Crippen LogP contribution < -0.4 is 10.4 Å². The Labute approximate surface area is 152 Å². The zero-order valence-electron chi connectivity index (χ0n) is 17.4. The molecule has 0 aromatic heterocycles. The third-order valence-corrected chi connectivity index (χ3v) is 16.6. The van der Waals surface area contributed by atoms with Crippen molar-refractivity contribution in [3.05, 3.63) is 24.3 Å². The molecule has 0 amide bonds. The van der Waals surface area contributed by atoms with Gasteiger partial charge in [-0.3, -0.25) is 0 Å². The highest BCUT2D eigenvalue weighted by molar-refractivity contribution is 6.90. The van der Waals surface area contributed by atoms with E-state index in [1.54, 1.807) is 0 Å². The second-order valence-corrected chi connectivity index (χ2v) is 18.0. The average Bonchev–Trinajstić information content (AvgIpc) is 2.49. The van der Waals surface area contributed by atoms with Gasteiger partial charge in [0, 0.05) is 14.2 Å². The summed E-state index contributed by atoms with van der Waals surface area (Å²) < 4.78 is 12.4. The standard InChI is InChI=1S/C20H38O2Si2/c1-15(2)23(21-9,16(3)4)19-11-13-20(14-12-19)24(22-10,17(5)6)18(7)8/h11-18H,1-10H3. The van der Waals surface area contributed by atoms with Gasteiger partial charge in [0.05, 0.1) is 0 Å². The maximum atomic E-state index is 6.21. The molecule has 0 N–H and O–H groups in total. The number of hydrogen-bond acceptors (Lipinski definition) is 2. The SMILES string of the molecule is CO[Si](c1ccc([Si](OC)(C(C)C)C(C)C)cc1)(C(C)C)C(C)C. The molecule has 0 radical (unpaired) electrons. The third-order valence-electron chi connectivity index (χ3n) is 5.89. The van der Waals surface area contributed by atoms with E-state index >= 15 is 0 Å². The first-order chi connectivity index (χ1) is 11.1. The minimum atomic E-state index is -1.97. The van der Waals surface area contributed by atoms with Gasteiger partial charge in [-0.25, -0.2) is 0 Å². The quantitative estimate of drug-likeness (QED) is 0.608. The van der Waals surface area contributed by atoms with Crippen LogP contribution in [0.3, 0.4) is 0 Å². The van der Waals surface area contributed by atoms with Gasteiger partial charge >= 0.3 is 0 Å². The second-order valence-electron chi connectivity index (χ2n) is 8.19. The van der Waals surface area contributed by atoms with Crippen LogP contribution in [0.15, 0.2) is 24.3 Å². The summed E-state index contributed by atoms with van der Waals surface area (Å²) in [6.07, 6.45) is 0. The highest BCUT2D eigenvalue weighted by Crippen LogP contribution is 2.34. The van der Waals surface area contributed by atoms with Crippen molar-refractivity contribution in [2.45, 2.75) is 77.6 Å². The van der Waals surface area contributed by atoms with Gasteiger partial charge in [-0.2, -0.15) is 0 Å². The van der Waals surface area contributed by atoms with E-state index in [2.05, 4.69) is 79.7 Å². The molecule has 0 fully saturated rings. The molecule has 0 saturated carbocycles. The Morgan fingerprint density at radius 2 is 0.750 bits per heavy atom. The molecule has 0 aliphatic heterocycles. The molecule has 2 nitrogen and oxygen atoms in total. The lowest BCUT2D eigenvalue weighted by atomic mass is 10.4. The van der Waals surface area contributed by atoms with Gasteiger partial charge < -0.3 is 8.85 Å². The smallest absolute Gasteiger partial charge is 0.228 e. The summed E-state index contributed by atoms with van der Waals surface area (Å²) in [5, 5.41) is 2.82. The van der Waals surface area contributed by atoms with E-state index in [0.29, 0.717) is 22.2 Å². The summed E-state index contributed by atoms with van der Waals surface area (Å²) in [7, 11) is -0.146. The van der Waals surface area contributed by atoms with Crippen LogP contribution in [-0.4, -0.2) is 30.9 Å². The maximum absolute atomic E-state index is 6.21. The zero-order valence-corrected chi connectivity index (χ0v) is 19.4. The summed E-state index contributed by atoms with van der Waals surface area (Å²) in [6, 6.07) is 9.32. The molecule has 0 atom stereocenters. The van der Waals surface area contributed by atoms with Gasteiger partial charge in [-0.1, -0.05) is 79.7 Å². The normalized spacial score (nSPS) is 13.6. The maximum Gasteiger partial charge on any atom is 0.228 e. The van der Waals surface area contributed by atoms with Crippen molar-refractivity contribution in [1.29, 1.82) is 0 Å². The van der Waals surface area contributed by atoms with Gasteiger partial charge in [0.1, 0.15) is 0 Å². The van der Waals surface area contributed by atoms with E-state index in [1.807, 2.05) is 14.2 Å². The molecule has 4 heteroatoms. The van der Waals surface area contributed by atoms with Crippen LogP contribution >= 0.6 is 0 Å². The van der Waals surface area contributed by atoms with Crippen molar-refractivity contribution in [2.75, 3.05) is 14.2 Å². The second kappa shape index (κ2) is 8.30. The molecule has 0 spiro atoms. The highest BCUT2D eigenvalue weighted by Gasteiger charge is 2.45. The predicted octanol–water partition coefficient (Wildman–Crippen LogP) is 4.92. The van der Waals surface area contributed by atoms with Crippen molar-refractivity contribution in [2.24, 2.45) is 0 Å². The monoisotopic (exact) mass is 366 g/mol. The molecule has 0 heterocycles. The molecule has 138 valence electrons. The van der Waals surface area contributed by atoms with Crippen molar-refractivity contribution in [3.63, 3.8) is 0 Å². The minimum Gasteiger partial charge on any atom is -0.415 e. The summed E-state index contributed by atoms with van der Waals surface area (Å²) in [5.41, 5.74) is 2.20. The van der Waals surface area contributed by atoms with Crippen LogP contribution in [0, 0.1) is 0 Å². The Hall–Kier alpha value is -0.426. The highest BCUT2D eigenvalue weighted by atomic mass is 28.4. The molecule has 1 rings (SSSR count). The molecule has 0 aliphatic carbocycles. The van der Waals surface area contributed by atoms with Gasteiger partial charge in [-0.15, -0.1) is 0 Å². The molecule has 0 unspecified atom stereocenters. The Morgan fingerprint density at radius 1 is 0.542 bits per heavy atom. The van der Waals surface area contributed by atoms with E-state index in [0.717, 1.165) is 0 Å². The Balaban J connectivity index is 3.43. The first-order valence-electron chi connectivity index (χ1n) is 9.32. The molecular weight excluding hydrogens is 328 g/mol. The minimum absolute atomic E-state index is 0.549.